The number of benzene rings is 1. The molecule has 3 aromatic rings. The Balaban J connectivity index is 0.000000559. The van der Waals surface area contributed by atoms with Gasteiger partial charge in [-0.1, -0.05) is 11.6 Å². The lowest BCUT2D eigenvalue weighted by Gasteiger charge is -2.43. The first kappa shape index (κ1) is 30.9. The van der Waals surface area contributed by atoms with E-state index in [1.54, 1.807) is 14.2 Å². The lowest BCUT2D eigenvalue weighted by molar-refractivity contribution is -0.192. The minimum Gasteiger partial charge on any atom is -0.496 e. The predicted molar refractivity (Wildman–Crippen MR) is 143 cm³/mol. The molecule has 0 spiro atoms. The number of methoxy groups -OCH3 is 1. The summed E-state index contributed by atoms with van der Waals surface area (Å²) in [5.74, 6) is -1.33. The van der Waals surface area contributed by atoms with Crippen LogP contribution >= 0.6 is 11.6 Å². The summed E-state index contributed by atoms with van der Waals surface area (Å²) < 4.78 is 39.5. The lowest BCUT2D eigenvalue weighted by Crippen LogP contribution is -2.54. The smallest absolute Gasteiger partial charge is 0.490 e. The number of fused-ring (bicyclic) bond motifs is 1. The highest BCUT2D eigenvalue weighted by Crippen LogP contribution is 2.44. The van der Waals surface area contributed by atoms with E-state index in [0.717, 1.165) is 46.6 Å². The summed E-state index contributed by atoms with van der Waals surface area (Å²) in [7, 11) is 3.34. The van der Waals surface area contributed by atoms with Gasteiger partial charge in [0, 0.05) is 42.2 Å². The number of aromatic nitrogens is 4. The molecule has 15 heteroatoms. The molecule has 1 amide bonds. The minimum absolute atomic E-state index is 0.0136. The van der Waals surface area contributed by atoms with Gasteiger partial charge < -0.3 is 20.9 Å². The Kier molecular flexibility index (Phi) is 9.14. The van der Waals surface area contributed by atoms with Crippen LogP contribution in [0.1, 0.15) is 48.2 Å². The van der Waals surface area contributed by atoms with E-state index in [2.05, 4.69) is 20.2 Å². The Labute approximate surface area is 233 Å². The maximum atomic E-state index is 12.0. The molecule has 4 N–H and O–H groups in total. The summed E-state index contributed by atoms with van der Waals surface area (Å²) in [4.78, 5) is 31.6. The van der Waals surface area contributed by atoms with E-state index in [9.17, 15) is 18.0 Å². The predicted octanol–water partition coefficient (Wildman–Crippen LogP) is 3.46. The van der Waals surface area contributed by atoms with Crippen LogP contribution in [-0.4, -0.2) is 81.1 Å². The second kappa shape index (κ2) is 11.8. The van der Waals surface area contributed by atoms with Gasteiger partial charge in [0.05, 0.1) is 30.3 Å². The number of carbonyl (C=O) groups excluding carboxylic acids is 1. The normalized spacial score (nSPS) is 15.6. The topological polar surface area (TPSA) is 148 Å². The van der Waals surface area contributed by atoms with Crippen LogP contribution in [0.4, 0.5) is 19.0 Å². The molecule has 2 aromatic heterocycles. The number of rotatable bonds is 6. The number of hydrogen-bond donors (Lipinski definition) is 3. The maximum Gasteiger partial charge on any atom is 0.490 e. The Morgan fingerprint density at radius 1 is 1.25 bits per heavy atom. The second-order valence-corrected chi connectivity index (χ2v) is 9.83. The van der Waals surface area contributed by atoms with Gasteiger partial charge >= 0.3 is 12.1 Å². The van der Waals surface area contributed by atoms with Crippen molar-refractivity contribution in [1.82, 2.24) is 30.0 Å². The number of aryl methyl sites for hydroxylation is 1. The molecule has 1 aliphatic heterocycles. The average Bonchev–Trinajstić information content (AvgIpc) is 3.21. The summed E-state index contributed by atoms with van der Waals surface area (Å²) in [5.41, 5.74) is 10.5. The third-order valence-electron chi connectivity index (χ3n) is 7.00. The fourth-order valence-electron chi connectivity index (χ4n) is 4.75. The maximum absolute atomic E-state index is 12.0. The van der Waals surface area contributed by atoms with Crippen molar-refractivity contribution in [1.29, 1.82) is 0 Å². The zero-order valence-electron chi connectivity index (χ0n) is 22.8. The van der Waals surface area contributed by atoms with Crippen molar-refractivity contribution in [2.45, 2.75) is 51.9 Å². The first-order chi connectivity index (χ1) is 18.6. The number of ether oxygens (including phenoxy) is 1. The standard InChI is InChI=1S/C23H30ClN7O2.C2HF3O2/c1-11-17(24)7-16(13(3)31-22-19(12(2)29-31)21(25)27-10-28-22)20(33-6)18(11)15-8-30(9-15)14(4)23(32)26-5;3-2(4,5)1(6)7/h7,10,13-15H,8-9H2,1-6H3,(H,26,32)(H2,25,27,28);(H,6,7). The molecule has 0 saturated carbocycles. The van der Waals surface area contributed by atoms with Gasteiger partial charge in [0.15, 0.2) is 5.65 Å². The van der Waals surface area contributed by atoms with Crippen molar-refractivity contribution in [2.75, 3.05) is 33.0 Å². The van der Waals surface area contributed by atoms with Crippen LogP contribution in [0.2, 0.25) is 5.02 Å². The number of carboxylic acids is 1. The summed E-state index contributed by atoms with van der Waals surface area (Å²) >= 11 is 6.72. The van der Waals surface area contributed by atoms with Gasteiger partial charge in [-0.15, -0.1) is 0 Å². The molecule has 1 aromatic carbocycles. The molecule has 0 bridgehead atoms. The molecule has 0 radical (unpaired) electrons. The van der Waals surface area contributed by atoms with Gasteiger partial charge in [0.25, 0.3) is 0 Å². The summed E-state index contributed by atoms with van der Waals surface area (Å²) in [5, 5.41) is 16.0. The fraction of sp³-hybridized carbons (Fsp3) is 0.480. The molecule has 4 rings (SSSR count). The number of amides is 1. The first-order valence-corrected chi connectivity index (χ1v) is 12.6. The quantitative estimate of drug-likeness (QED) is 0.395. The van der Waals surface area contributed by atoms with E-state index in [1.807, 2.05) is 38.4 Å². The van der Waals surface area contributed by atoms with Crippen LogP contribution in [0.25, 0.3) is 11.0 Å². The number of nitrogens with one attached hydrogen (secondary N) is 1. The summed E-state index contributed by atoms with van der Waals surface area (Å²) in [6, 6.07) is 1.56. The van der Waals surface area contributed by atoms with E-state index in [-0.39, 0.29) is 23.9 Å². The van der Waals surface area contributed by atoms with E-state index in [1.165, 1.54) is 6.33 Å². The highest BCUT2D eigenvalue weighted by molar-refractivity contribution is 6.31. The molecule has 40 heavy (non-hydrogen) atoms. The van der Waals surface area contributed by atoms with Crippen LogP contribution in [0, 0.1) is 13.8 Å². The third kappa shape index (κ3) is 5.92. The van der Waals surface area contributed by atoms with E-state index < -0.39 is 12.1 Å². The van der Waals surface area contributed by atoms with Gasteiger partial charge in [-0.2, -0.15) is 18.3 Å². The van der Waals surface area contributed by atoms with Crippen LogP contribution in [-0.2, 0) is 9.59 Å². The number of carboxylic acid groups (broad SMARTS) is 1. The molecule has 1 saturated heterocycles. The minimum atomic E-state index is -5.08. The highest BCUT2D eigenvalue weighted by atomic mass is 35.5. The van der Waals surface area contributed by atoms with E-state index in [0.29, 0.717) is 16.5 Å². The fourth-order valence-corrected chi connectivity index (χ4v) is 4.97. The molecule has 11 nitrogen and oxygen atoms in total. The number of hydrogen-bond acceptors (Lipinski definition) is 8. The number of anilines is 1. The molecule has 0 aliphatic carbocycles. The molecular weight excluding hydrogens is 555 g/mol. The SMILES string of the molecule is CNC(=O)C(C)N1CC(c2c(C)c(Cl)cc(C(C)n3nc(C)c4c(N)ncnc43)c2OC)C1.O=C(O)C(F)(F)F. The zero-order chi connectivity index (χ0) is 30.1. The number of carbonyl (C=O) groups is 2. The number of nitrogens with two attached hydrogens (primary N) is 1. The largest absolute Gasteiger partial charge is 0.496 e. The number of nitrogen functional groups attached to an aromatic ring is 1. The average molecular weight is 586 g/mol. The monoisotopic (exact) mass is 585 g/mol. The van der Waals surface area contributed by atoms with Crippen molar-refractivity contribution in [3.63, 3.8) is 0 Å². The number of likely N-dealkylation sites (tertiary alicyclic amines) is 1. The molecule has 1 aliphatic rings. The van der Waals surface area contributed by atoms with Crippen LogP contribution in [0.15, 0.2) is 12.4 Å². The second-order valence-electron chi connectivity index (χ2n) is 9.43. The van der Waals surface area contributed by atoms with Crippen molar-refractivity contribution in [3.05, 3.63) is 39.8 Å². The molecule has 1 fully saturated rings. The number of halogens is 4. The van der Waals surface area contributed by atoms with Gasteiger partial charge in [0.1, 0.15) is 17.9 Å². The van der Waals surface area contributed by atoms with Gasteiger partial charge in [0.2, 0.25) is 5.91 Å². The van der Waals surface area contributed by atoms with Gasteiger partial charge in [-0.3, -0.25) is 9.69 Å². The van der Waals surface area contributed by atoms with Crippen molar-refractivity contribution in [2.24, 2.45) is 0 Å². The Bertz CT molecular complexity index is 1420. The molecule has 3 heterocycles. The lowest BCUT2D eigenvalue weighted by atomic mass is 9.84. The Morgan fingerprint density at radius 2 is 1.85 bits per heavy atom. The molecule has 2 atom stereocenters. The summed E-state index contributed by atoms with van der Waals surface area (Å²) in [6.45, 7) is 9.38. The highest BCUT2D eigenvalue weighted by Gasteiger charge is 2.39. The molecular formula is C25H31ClF3N7O4. The van der Waals surface area contributed by atoms with Crippen molar-refractivity contribution in [3.8, 4) is 5.75 Å². The van der Waals surface area contributed by atoms with E-state index in [4.69, 9.17) is 37.1 Å². The number of likely N-dealkylation sites (N-methyl/N-ethyl adjacent to an activating group) is 1. The van der Waals surface area contributed by atoms with E-state index >= 15 is 0 Å². The molecule has 218 valence electrons. The third-order valence-corrected chi connectivity index (χ3v) is 7.39. The van der Waals surface area contributed by atoms with Crippen LogP contribution < -0.4 is 15.8 Å². The molecule has 2 unspecified atom stereocenters. The van der Waals surface area contributed by atoms with Crippen molar-refractivity contribution >= 4 is 40.3 Å². The van der Waals surface area contributed by atoms with Crippen molar-refractivity contribution < 1.29 is 32.6 Å². The Hall–Kier alpha value is -3.65. The number of aliphatic carboxylic acids is 1. The first-order valence-electron chi connectivity index (χ1n) is 12.2. The number of alkyl halides is 3. The van der Waals surface area contributed by atoms with Crippen LogP contribution in [0.5, 0.6) is 5.75 Å². The van der Waals surface area contributed by atoms with Crippen LogP contribution in [0.3, 0.4) is 0 Å². The Morgan fingerprint density at radius 3 is 2.38 bits per heavy atom. The zero-order valence-corrected chi connectivity index (χ0v) is 23.6. The number of nitrogens with zero attached hydrogens (tertiary/aromatic N) is 5. The van der Waals surface area contributed by atoms with Gasteiger partial charge in [-0.05, 0) is 39.3 Å². The van der Waals surface area contributed by atoms with Gasteiger partial charge in [-0.25, -0.2) is 19.4 Å². The summed E-state index contributed by atoms with van der Waals surface area (Å²) in [6.07, 6.45) is -3.64.